The monoisotopic (exact) mass is 351 g/mol. The maximum atomic E-state index is 13.1. The summed E-state index contributed by atoms with van der Waals surface area (Å²) in [7, 11) is 0. The summed E-state index contributed by atoms with van der Waals surface area (Å²) in [5.74, 6) is -2.64. The molecule has 0 spiro atoms. The van der Waals surface area contributed by atoms with Gasteiger partial charge in [0.1, 0.15) is 6.54 Å². The van der Waals surface area contributed by atoms with Crippen LogP contribution in [0.3, 0.4) is 0 Å². The summed E-state index contributed by atoms with van der Waals surface area (Å²) in [6.07, 6.45) is -3.19. The third-order valence-electron chi connectivity index (χ3n) is 3.46. The molecule has 1 N–H and O–H groups in total. The number of alkyl halides is 3. The fourth-order valence-corrected chi connectivity index (χ4v) is 2.35. The van der Waals surface area contributed by atoms with Crippen molar-refractivity contribution in [2.45, 2.75) is 12.7 Å². The second-order valence-electron chi connectivity index (χ2n) is 5.18. The lowest BCUT2D eigenvalue weighted by Crippen LogP contribution is -2.22. The molecule has 0 bridgehead atoms. The van der Waals surface area contributed by atoms with Crippen molar-refractivity contribution < 1.29 is 27.5 Å². The Labute approximate surface area is 139 Å². The van der Waals surface area contributed by atoms with Crippen LogP contribution in [-0.4, -0.2) is 32.9 Å². The lowest BCUT2D eigenvalue weighted by molar-refractivity contribution is -0.150. The maximum absolute atomic E-state index is 13.1. The van der Waals surface area contributed by atoms with Crippen LogP contribution in [0.5, 0.6) is 0 Å². The highest BCUT2D eigenvalue weighted by atomic mass is 19.4. The van der Waals surface area contributed by atoms with E-state index in [4.69, 9.17) is 4.74 Å². The third kappa shape index (κ3) is 3.54. The zero-order valence-corrected chi connectivity index (χ0v) is 12.7. The Morgan fingerprint density at radius 1 is 1.16 bits per heavy atom. The van der Waals surface area contributed by atoms with Gasteiger partial charge in [0.2, 0.25) is 11.6 Å². The topological polar surface area (TPSA) is 77.0 Å². The summed E-state index contributed by atoms with van der Waals surface area (Å²) >= 11 is 0. The molecular formula is C16H12F3N3O3. The molecule has 2 aromatic heterocycles. The molecule has 0 aliphatic heterocycles. The summed E-state index contributed by atoms with van der Waals surface area (Å²) < 4.78 is 45.0. The molecule has 0 saturated heterocycles. The number of carbonyl (C=O) groups excluding carboxylic acids is 2. The predicted molar refractivity (Wildman–Crippen MR) is 80.8 cm³/mol. The van der Waals surface area contributed by atoms with Crippen LogP contribution >= 0.6 is 0 Å². The number of aromatic nitrogens is 3. The Hall–Kier alpha value is -3.10. The predicted octanol–water partition coefficient (Wildman–Crippen LogP) is 2.81. The number of para-hydroxylation sites is 2. The van der Waals surface area contributed by atoms with Crippen LogP contribution < -0.4 is 0 Å². The number of benzene rings is 1. The summed E-state index contributed by atoms with van der Waals surface area (Å²) in [5.41, 5.74) is 0.518. The first kappa shape index (κ1) is 16.7. The number of H-pyrrole nitrogens is 1. The Kier molecular flexibility index (Phi) is 4.30. The van der Waals surface area contributed by atoms with Crippen LogP contribution in [0.25, 0.3) is 11.0 Å². The van der Waals surface area contributed by atoms with E-state index in [2.05, 4.69) is 9.97 Å². The molecule has 9 heteroatoms. The van der Waals surface area contributed by atoms with E-state index in [1.165, 1.54) is 24.4 Å². The van der Waals surface area contributed by atoms with Crippen molar-refractivity contribution in [2.75, 3.05) is 6.61 Å². The number of Topliss-reactive ketones (excluding diaryl/α,β-unsaturated/α-hetero) is 1. The van der Waals surface area contributed by atoms with Gasteiger partial charge < -0.3 is 14.3 Å². The van der Waals surface area contributed by atoms with Gasteiger partial charge in [0, 0.05) is 6.20 Å². The summed E-state index contributed by atoms with van der Waals surface area (Å²) in [6, 6.07) is 9.04. The van der Waals surface area contributed by atoms with Crippen LogP contribution in [0.2, 0.25) is 0 Å². The molecule has 0 saturated carbocycles. The number of fused-ring (bicyclic) bond motifs is 1. The molecular weight excluding hydrogens is 339 g/mol. The number of rotatable bonds is 5. The number of ether oxygens (including phenoxy) is 1. The first-order chi connectivity index (χ1) is 11.9. The average Bonchev–Trinajstić information content (AvgIpc) is 3.20. The minimum absolute atomic E-state index is 0.116. The van der Waals surface area contributed by atoms with E-state index >= 15 is 0 Å². The van der Waals surface area contributed by atoms with Gasteiger partial charge in [-0.3, -0.25) is 9.59 Å². The van der Waals surface area contributed by atoms with Gasteiger partial charge in [-0.1, -0.05) is 12.1 Å². The van der Waals surface area contributed by atoms with E-state index in [0.717, 1.165) is 4.57 Å². The van der Waals surface area contributed by atoms with E-state index in [1.807, 2.05) is 0 Å². The van der Waals surface area contributed by atoms with Gasteiger partial charge in [-0.25, -0.2) is 4.98 Å². The minimum atomic E-state index is -4.72. The van der Waals surface area contributed by atoms with E-state index < -0.39 is 36.9 Å². The number of nitrogens with zero attached hydrogens (tertiary/aromatic N) is 2. The molecule has 0 fully saturated rings. The minimum Gasteiger partial charge on any atom is -0.456 e. The molecule has 0 atom stereocenters. The third-order valence-corrected chi connectivity index (χ3v) is 3.46. The van der Waals surface area contributed by atoms with Crippen molar-refractivity contribution >= 4 is 22.8 Å². The highest BCUT2D eigenvalue weighted by Gasteiger charge is 2.38. The fraction of sp³-hybridized carbons (Fsp3) is 0.188. The second-order valence-corrected chi connectivity index (χ2v) is 5.18. The molecule has 3 rings (SSSR count). The number of hydrogen-bond acceptors (Lipinski definition) is 4. The van der Waals surface area contributed by atoms with Crippen LogP contribution in [-0.2, 0) is 22.3 Å². The largest absolute Gasteiger partial charge is 0.456 e. The average molecular weight is 351 g/mol. The molecule has 3 aromatic rings. The zero-order valence-electron chi connectivity index (χ0n) is 12.7. The van der Waals surface area contributed by atoms with Crippen LogP contribution in [0.15, 0.2) is 42.6 Å². The van der Waals surface area contributed by atoms with Crippen molar-refractivity contribution in [1.29, 1.82) is 0 Å². The Morgan fingerprint density at radius 3 is 2.60 bits per heavy atom. The second kappa shape index (κ2) is 6.42. The number of carbonyl (C=O) groups is 2. The molecule has 0 radical (unpaired) electrons. The SMILES string of the molecule is O=C(Cn1c(C(F)(F)F)nc2ccccc21)OCC(=O)c1ccc[nH]1. The Bertz CT molecular complexity index is 914. The smallest absolute Gasteiger partial charge is 0.449 e. The van der Waals surface area contributed by atoms with E-state index in [-0.39, 0.29) is 16.7 Å². The van der Waals surface area contributed by atoms with E-state index in [0.29, 0.717) is 0 Å². The molecule has 130 valence electrons. The van der Waals surface area contributed by atoms with Crippen molar-refractivity contribution in [3.05, 3.63) is 54.1 Å². The molecule has 0 unspecified atom stereocenters. The molecule has 0 amide bonds. The Morgan fingerprint density at radius 2 is 1.92 bits per heavy atom. The highest BCUT2D eigenvalue weighted by molar-refractivity contribution is 5.96. The maximum Gasteiger partial charge on any atom is 0.449 e. The quantitative estimate of drug-likeness (QED) is 0.566. The first-order valence-electron chi connectivity index (χ1n) is 7.21. The lowest BCUT2D eigenvalue weighted by atomic mass is 10.3. The standard InChI is InChI=1S/C16H12F3N3O3/c17-16(18,19)15-21-10-4-1-2-6-12(10)22(15)8-14(24)25-9-13(23)11-5-3-7-20-11/h1-7,20H,8-9H2. The van der Waals surface area contributed by atoms with Crippen LogP contribution in [0, 0.1) is 0 Å². The number of hydrogen-bond donors (Lipinski definition) is 1. The van der Waals surface area contributed by atoms with Gasteiger partial charge in [0.05, 0.1) is 16.7 Å². The number of ketones is 1. The molecule has 2 heterocycles. The first-order valence-corrected chi connectivity index (χ1v) is 7.21. The molecule has 0 aliphatic rings. The number of aromatic amines is 1. The molecule has 0 aliphatic carbocycles. The summed E-state index contributed by atoms with van der Waals surface area (Å²) in [4.78, 5) is 29.8. The highest BCUT2D eigenvalue weighted by Crippen LogP contribution is 2.31. The van der Waals surface area contributed by atoms with E-state index in [9.17, 15) is 22.8 Å². The zero-order chi connectivity index (χ0) is 18.0. The van der Waals surface area contributed by atoms with Gasteiger partial charge in [0.15, 0.2) is 6.61 Å². The van der Waals surface area contributed by atoms with Crippen LogP contribution in [0.1, 0.15) is 16.3 Å². The molecule has 25 heavy (non-hydrogen) atoms. The number of halogens is 3. The summed E-state index contributed by atoms with van der Waals surface area (Å²) in [5, 5.41) is 0. The molecule has 1 aromatic carbocycles. The number of imidazole rings is 1. The van der Waals surface area contributed by atoms with Crippen LogP contribution in [0.4, 0.5) is 13.2 Å². The van der Waals surface area contributed by atoms with Gasteiger partial charge >= 0.3 is 12.1 Å². The van der Waals surface area contributed by atoms with Crippen molar-refractivity contribution in [3.8, 4) is 0 Å². The summed E-state index contributed by atoms with van der Waals surface area (Å²) in [6.45, 7) is -1.26. The fourth-order valence-electron chi connectivity index (χ4n) is 2.35. The normalized spacial score (nSPS) is 11.6. The number of esters is 1. The van der Waals surface area contributed by atoms with Gasteiger partial charge in [-0.2, -0.15) is 13.2 Å². The number of nitrogens with one attached hydrogen (secondary N) is 1. The van der Waals surface area contributed by atoms with Crippen molar-refractivity contribution in [3.63, 3.8) is 0 Å². The Balaban J connectivity index is 1.77. The van der Waals surface area contributed by atoms with Gasteiger partial charge in [-0.05, 0) is 24.3 Å². The van der Waals surface area contributed by atoms with Gasteiger partial charge in [0.25, 0.3) is 0 Å². The van der Waals surface area contributed by atoms with Crippen molar-refractivity contribution in [1.82, 2.24) is 14.5 Å². The van der Waals surface area contributed by atoms with E-state index in [1.54, 1.807) is 18.2 Å². The van der Waals surface area contributed by atoms with Crippen molar-refractivity contribution in [2.24, 2.45) is 0 Å². The molecule has 6 nitrogen and oxygen atoms in total. The lowest BCUT2D eigenvalue weighted by Gasteiger charge is -2.11. The van der Waals surface area contributed by atoms with Gasteiger partial charge in [-0.15, -0.1) is 0 Å².